The molecule has 3 unspecified atom stereocenters. The molecule has 1 aliphatic rings. The van der Waals surface area contributed by atoms with Crippen LogP contribution in [0.4, 0.5) is 0 Å². The molecule has 0 aromatic rings. The van der Waals surface area contributed by atoms with Crippen LogP contribution in [0.2, 0.25) is 0 Å². The molecule has 0 saturated heterocycles. The summed E-state index contributed by atoms with van der Waals surface area (Å²) in [6.07, 6.45) is 8.44. The van der Waals surface area contributed by atoms with Crippen molar-refractivity contribution >= 4 is 21.4 Å². The topological polar surface area (TPSA) is 34.1 Å². The normalized spacial score (nSPS) is 28.9. The Morgan fingerprint density at radius 2 is 2.06 bits per heavy atom. The molecule has 3 atom stereocenters. The molecular weight excluding hydrogens is 244 g/mol. The summed E-state index contributed by atoms with van der Waals surface area (Å²) in [6, 6.07) is 0. The molecule has 1 saturated carbocycles. The van der Waals surface area contributed by atoms with Crippen LogP contribution in [-0.4, -0.2) is 25.3 Å². The fourth-order valence-electron chi connectivity index (χ4n) is 2.51. The van der Waals surface area contributed by atoms with E-state index < -0.39 is 9.84 Å². The maximum Gasteiger partial charge on any atom is 0.150 e. The first-order valence-corrected chi connectivity index (χ1v) is 8.65. The fourth-order valence-corrected chi connectivity index (χ4v) is 3.86. The van der Waals surface area contributed by atoms with Crippen LogP contribution in [0.15, 0.2) is 0 Å². The molecule has 0 radical (unpaired) electrons. The number of sulfone groups is 1. The molecule has 0 heterocycles. The number of alkyl halides is 1. The Hall–Kier alpha value is 0.240. The SMILES string of the molecule is CCC(Cl)CCC1CCCC(S(C)(=O)=O)C1. The Morgan fingerprint density at radius 1 is 1.38 bits per heavy atom. The third-order valence-electron chi connectivity index (χ3n) is 3.67. The molecular formula is C12H23ClO2S. The van der Waals surface area contributed by atoms with E-state index in [0.29, 0.717) is 5.92 Å². The minimum Gasteiger partial charge on any atom is -0.229 e. The first-order valence-electron chi connectivity index (χ1n) is 6.26. The summed E-state index contributed by atoms with van der Waals surface area (Å²) >= 11 is 6.09. The van der Waals surface area contributed by atoms with Crippen molar-refractivity contribution in [3.8, 4) is 0 Å². The van der Waals surface area contributed by atoms with E-state index in [1.165, 1.54) is 12.7 Å². The fraction of sp³-hybridized carbons (Fsp3) is 1.00. The van der Waals surface area contributed by atoms with Crippen molar-refractivity contribution in [3.63, 3.8) is 0 Å². The average Bonchev–Trinajstić information content (AvgIpc) is 2.25. The molecule has 0 aromatic carbocycles. The van der Waals surface area contributed by atoms with E-state index in [0.717, 1.165) is 38.5 Å². The van der Waals surface area contributed by atoms with E-state index >= 15 is 0 Å². The molecule has 0 aliphatic heterocycles. The highest BCUT2D eigenvalue weighted by Gasteiger charge is 2.28. The summed E-state index contributed by atoms with van der Waals surface area (Å²) in [5, 5.41) is 0.167. The molecule has 0 bridgehead atoms. The summed E-state index contributed by atoms with van der Waals surface area (Å²) < 4.78 is 23.0. The third kappa shape index (κ3) is 4.62. The Bertz CT molecular complexity index is 300. The highest BCUT2D eigenvalue weighted by atomic mass is 35.5. The van der Waals surface area contributed by atoms with E-state index in [2.05, 4.69) is 6.92 Å². The van der Waals surface area contributed by atoms with Gasteiger partial charge in [0, 0.05) is 11.6 Å². The summed E-state index contributed by atoms with van der Waals surface area (Å²) in [4.78, 5) is 0. The van der Waals surface area contributed by atoms with Crippen LogP contribution in [0.3, 0.4) is 0 Å². The lowest BCUT2D eigenvalue weighted by Gasteiger charge is -2.28. The van der Waals surface area contributed by atoms with Gasteiger partial charge in [-0.05, 0) is 38.0 Å². The standard InChI is InChI=1S/C12H23ClO2S/c1-3-11(13)8-7-10-5-4-6-12(9-10)16(2,14)15/h10-12H,3-9H2,1-2H3. The minimum atomic E-state index is -2.84. The van der Waals surface area contributed by atoms with Gasteiger partial charge in [0.1, 0.15) is 9.84 Å². The lowest BCUT2D eigenvalue weighted by Crippen LogP contribution is -2.27. The van der Waals surface area contributed by atoms with Gasteiger partial charge in [-0.15, -0.1) is 11.6 Å². The predicted molar refractivity (Wildman–Crippen MR) is 69.8 cm³/mol. The second-order valence-electron chi connectivity index (χ2n) is 5.07. The average molecular weight is 267 g/mol. The van der Waals surface area contributed by atoms with Crippen molar-refractivity contribution in [2.75, 3.05) is 6.26 Å². The van der Waals surface area contributed by atoms with Gasteiger partial charge in [-0.25, -0.2) is 8.42 Å². The van der Waals surface area contributed by atoms with Crippen molar-refractivity contribution in [2.24, 2.45) is 5.92 Å². The second-order valence-corrected chi connectivity index (χ2v) is 8.01. The first-order chi connectivity index (χ1) is 7.43. The van der Waals surface area contributed by atoms with Gasteiger partial charge in [0.2, 0.25) is 0 Å². The van der Waals surface area contributed by atoms with Crippen molar-refractivity contribution < 1.29 is 8.42 Å². The summed E-state index contributed by atoms with van der Waals surface area (Å²) in [6.45, 7) is 2.10. The van der Waals surface area contributed by atoms with Gasteiger partial charge in [0.25, 0.3) is 0 Å². The quantitative estimate of drug-likeness (QED) is 0.715. The zero-order valence-electron chi connectivity index (χ0n) is 10.3. The van der Waals surface area contributed by atoms with E-state index in [-0.39, 0.29) is 10.6 Å². The van der Waals surface area contributed by atoms with Crippen molar-refractivity contribution in [3.05, 3.63) is 0 Å². The highest BCUT2D eigenvalue weighted by Crippen LogP contribution is 2.32. The van der Waals surface area contributed by atoms with Crippen LogP contribution in [-0.2, 0) is 9.84 Å². The number of halogens is 1. The van der Waals surface area contributed by atoms with Gasteiger partial charge in [0.05, 0.1) is 5.25 Å². The molecule has 0 spiro atoms. The lowest BCUT2D eigenvalue weighted by atomic mass is 9.85. The third-order valence-corrected chi connectivity index (χ3v) is 5.84. The van der Waals surface area contributed by atoms with Crippen molar-refractivity contribution in [1.82, 2.24) is 0 Å². The van der Waals surface area contributed by atoms with Crippen molar-refractivity contribution in [1.29, 1.82) is 0 Å². The molecule has 96 valence electrons. The largest absolute Gasteiger partial charge is 0.229 e. The molecule has 0 N–H and O–H groups in total. The van der Waals surface area contributed by atoms with E-state index in [4.69, 9.17) is 11.6 Å². The van der Waals surface area contributed by atoms with Crippen molar-refractivity contribution in [2.45, 2.75) is 62.5 Å². The van der Waals surface area contributed by atoms with Crippen LogP contribution < -0.4 is 0 Å². The van der Waals surface area contributed by atoms with Gasteiger partial charge < -0.3 is 0 Å². The van der Waals surface area contributed by atoms with Gasteiger partial charge in [-0.1, -0.05) is 19.8 Å². The molecule has 16 heavy (non-hydrogen) atoms. The van der Waals surface area contributed by atoms with Crippen LogP contribution in [0.5, 0.6) is 0 Å². The summed E-state index contributed by atoms with van der Waals surface area (Å²) in [7, 11) is -2.84. The second kappa shape index (κ2) is 6.25. The zero-order chi connectivity index (χ0) is 12.2. The smallest absolute Gasteiger partial charge is 0.150 e. The molecule has 2 nitrogen and oxygen atoms in total. The van der Waals surface area contributed by atoms with Crippen LogP contribution in [0, 0.1) is 5.92 Å². The number of rotatable bonds is 5. The molecule has 1 fully saturated rings. The van der Waals surface area contributed by atoms with E-state index in [1.807, 2.05) is 0 Å². The predicted octanol–water partition coefficient (Wildman–Crippen LogP) is 3.39. The summed E-state index contributed by atoms with van der Waals surface area (Å²) in [5.41, 5.74) is 0. The van der Waals surface area contributed by atoms with E-state index in [9.17, 15) is 8.42 Å². The van der Waals surface area contributed by atoms with Gasteiger partial charge >= 0.3 is 0 Å². The Labute approximate surface area is 105 Å². The highest BCUT2D eigenvalue weighted by molar-refractivity contribution is 7.91. The van der Waals surface area contributed by atoms with E-state index in [1.54, 1.807) is 0 Å². The maximum atomic E-state index is 11.5. The Kier molecular flexibility index (Phi) is 5.58. The lowest BCUT2D eigenvalue weighted by molar-refractivity contribution is 0.330. The monoisotopic (exact) mass is 266 g/mol. The summed E-state index contributed by atoms with van der Waals surface area (Å²) in [5.74, 6) is 0.571. The van der Waals surface area contributed by atoms with Gasteiger partial charge in [0.15, 0.2) is 0 Å². The molecule has 1 aliphatic carbocycles. The number of hydrogen-bond donors (Lipinski definition) is 0. The minimum absolute atomic E-state index is 0.0957. The van der Waals surface area contributed by atoms with Gasteiger partial charge in [-0.3, -0.25) is 0 Å². The molecule has 0 amide bonds. The number of hydrogen-bond acceptors (Lipinski definition) is 2. The molecule has 0 aromatic heterocycles. The van der Waals surface area contributed by atoms with Gasteiger partial charge in [-0.2, -0.15) is 0 Å². The zero-order valence-corrected chi connectivity index (χ0v) is 11.9. The first kappa shape index (κ1) is 14.3. The van der Waals surface area contributed by atoms with Crippen LogP contribution in [0.25, 0.3) is 0 Å². The molecule has 1 rings (SSSR count). The Balaban J connectivity index is 2.39. The maximum absolute atomic E-state index is 11.5. The molecule has 4 heteroatoms. The van der Waals surface area contributed by atoms with Crippen LogP contribution >= 0.6 is 11.6 Å². The Morgan fingerprint density at radius 3 is 2.62 bits per heavy atom. The van der Waals surface area contributed by atoms with Crippen LogP contribution in [0.1, 0.15) is 51.9 Å².